The highest BCUT2D eigenvalue weighted by Crippen LogP contribution is 2.31. The lowest BCUT2D eigenvalue weighted by Gasteiger charge is -2.31. The van der Waals surface area contributed by atoms with Crippen LogP contribution in [-0.2, 0) is 0 Å². The maximum atomic E-state index is 13.3. The molecule has 108 valence electrons. The highest BCUT2D eigenvalue weighted by atomic mass is 19.1. The maximum absolute atomic E-state index is 13.3. The highest BCUT2D eigenvalue weighted by molar-refractivity contribution is 5.50. The lowest BCUT2D eigenvalue weighted by atomic mass is 9.81. The van der Waals surface area contributed by atoms with Crippen molar-refractivity contribution in [3.63, 3.8) is 0 Å². The number of anilines is 1. The number of nitriles is 1. The van der Waals surface area contributed by atoms with Gasteiger partial charge in [0.15, 0.2) is 0 Å². The Morgan fingerprint density at radius 3 is 2.90 bits per heavy atom. The third kappa shape index (κ3) is 3.96. The summed E-state index contributed by atoms with van der Waals surface area (Å²) in [4.78, 5) is 0. The molecule has 2 nitrogen and oxygen atoms in total. The first kappa shape index (κ1) is 14.8. The van der Waals surface area contributed by atoms with Crippen molar-refractivity contribution in [2.75, 3.05) is 5.32 Å². The normalized spacial score (nSPS) is 22.6. The molecule has 2 unspecified atom stereocenters. The smallest absolute Gasteiger partial charge is 0.141 e. The number of nitrogens with zero attached hydrogens (tertiary/aromatic N) is 1. The SMILES string of the molecule is CC(C)CC1CCCC(Nc2ccc(F)c(C#N)c2)C1. The zero-order chi connectivity index (χ0) is 14.5. The quantitative estimate of drug-likeness (QED) is 0.862. The summed E-state index contributed by atoms with van der Waals surface area (Å²) in [5.74, 6) is 1.09. The van der Waals surface area contributed by atoms with Gasteiger partial charge in [0.05, 0.1) is 5.56 Å². The lowest BCUT2D eigenvalue weighted by Crippen LogP contribution is -2.28. The zero-order valence-electron chi connectivity index (χ0n) is 12.3. The number of halogens is 1. The van der Waals surface area contributed by atoms with E-state index in [1.807, 2.05) is 6.07 Å². The average molecular weight is 274 g/mol. The molecule has 1 N–H and O–H groups in total. The van der Waals surface area contributed by atoms with Crippen molar-refractivity contribution < 1.29 is 4.39 Å². The Morgan fingerprint density at radius 2 is 2.20 bits per heavy atom. The van der Waals surface area contributed by atoms with E-state index in [0.717, 1.165) is 23.9 Å². The predicted molar refractivity (Wildman–Crippen MR) is 79.9 cm³/mol. The monoisotopic (exact) mass is 274 g/mol. The van der Waals surface area contributed by atoms with Crippen LogP contribution >= 0.6 is 0 Å². The summed E-state index contributed by atoms with van der Waals surface area (Å²) in [6.07, 6.45) is 6.20. The second-order valence-electron chi connectivity index (χ2n) is 6.31. The molecular formula is C17H23FN2. The minimum absolute atomic E-state index is 0.115. The van der Waals surface area contributed by atoms with Crippen LogP contribution in [0.4, 0.5) is 10.1 Å². The summed E-state index contributed by atoms with van der Waals surface area (Å²) in [5.41, 5.74) is 0.975. The molecule has 1 fully saturated rings. The van der Waals surface area contributed by atoms with E-state index in [9.17, 15) is 4.39 Å². The molecule has 0 bridgehead atoms. The second-order valence-corrected chi connectivity index (χ2v) is 6.31. The average Bonchev–Trinajstić information content (AvgIpc) is 2.40. The standard InChI is InChI=1S/C17H23FN2/c1-12(2)8-13-4-3-5-15(9-13)20-16-6-7-17(18)14(10-16)11-19/h6-7,10,12-13,15,20H,3-5,8-9H2,1-2H3. The molecule has 1 aromatic rings. The van der Waals surface area contributed by atoms with E-state index < -0.39 is 5.82 Å². The van der Waals surface area contributed by atoms with Crippen molar-refractivity contribution in [3.8, 4) is 6.07 Å². The Labute approximate surface area is 121 Å². The van der Waals surface area contributed by atoms with Gasteiger partial charge in [0, 0.05) is 11.7 Å². The first-order valence-corrected chi connectivity index (χ1v) is 7.54. The van der Waals surface area contributed by atoms with Crippen molar-refractivity contribution in [2.24, 2.45) is 11.8 Å². The van der Waals surface area contributed by atoms with E-state index in [0.29, 0.717) is 6.04 Å². The highest BCUT2D eigenvalue weighted by Gasteiger charge is 2.22. The molecule has 0 spiro atoms. The van der Waals surface area contributed by atoms with Gasteiger partial charge in [-0.3, -0.25) is 0 Å². The van der Waals surface area contributed by atoms with Crippen molar-refractivity contribution in [1.82, 2.24) is 0 Å². The summed E-state index contributed by atoms with van der Waals surface area (Å²) in [6, 6.07) is 7.05. The Morgan fingerprint density at radius 1 is 1.40 bits per heavy atom. The maximum Gasteiger partial charge on any atom is 0.141 e. The van der Waals surface area contributed by atoms with Gasteiger partial charge < -0.3 is 5.32 Å². The van der Waals surface area contributed by atoms with Gasteiger partial charge in [0.2, 0.25) is 0 Å². The summed E-state index contributed by atoms with van der Waals surface area (Å²) in [7, 11) is 0. The molecule has 1 aliphatic carbocycles. The van der Waals surface area contributed by atoms with Gasteiger partial charge >= 0.3 is 0 Å². The minimum Gasteiger partial charge on any atom is -0.382 e. The largest absolute Gasteiger partial charge is 0.382 e. The van der Waals surface area contributed by atoms with Gasteiger partial charge in [-0.25, -0.2) is 4.39 Å². The minimum atomic E-state index is -0.445. The van der Waals surface area contributed by atoms with Crippen LogP contribution in [0.3, 0.4) is 0 Å². The van der Waals surface area contributed by atoms with Crippen LogP contribution < -0.4 is 5.32 Å². The molecule has 20 heavy (non-hydrogen) atoms. The van der Waals surface area contributed by atoms with E-state index >= 15 is 0 Å². The molecule has 3 heteroatoms. The molecule has 0 radical (unpaired) electrons. The molecule has 0 aromatic heterocycles. The lowest BCUT2D eigenvalue weighted by molar-refractivity contribution is 0.289. The predicted octanol–water partition coefficient (Wildman–Crippen LogP) is 4.71. The molecule has 0 amide bonds. The van der Waals surface area contributed by atoms with Crippen LogP contribution in [0.5, 0.6) is 0 Å². The first-order chi connectivity index (χ1) is 9.58. The van der Waals surface area contributed by atoms with Gasteiger partial charge in [-0.05, 0) is 49.3 Å². The molecular weight excluding hydrogens is 251 g/mol. The van der Waals surface area contributed by atoms with Gasteiger partial charge in [0.1, 0.15) is 11.9 Å². The van der Waals surface area contributed by atoms with Gasteiger partial charge in [-0.1, -0.05) is 26.7 Å². The Hall–Kier alpha value is -1.56. The van der Waals surface area contributed by atoms with Crippen LogP contribution in [-0.4, -0.2) is 6.04 Å². The van der Waals surface area contributed by atoms with E-state index in [1.165, 1.54) is 31.7 Å². The topological polar surface area (TPSA) is 35.8 Å². The zero-order valence-corrected chi connectivity index (χ0v) is 12.3. The Kier molecular flexibility index (Phi) is 5.00. The molecule has 1 saturated carbocycles. The van der Waals surface area contributed by atoms with E-state index in [1.54, 1.807) is 12.1 Å². The molecule has 0 saturated heterocycles. The third-order valence-corrected chi connectivity index (χ3v) is 4.05. The van der Waals surface area contributed by atoms with E-state index in [4.69, 9.17) is 5.26 Å². The van der Waals surface area contributed by atoms with Gasteiger partial charge in [0.25, 0.3) is 0 Å². The fraction of sp³-hybridized carbons (Fsp3) is 0.588. The van der Waals surface area contributed by atoms with Gasteiger partial charge in [-0.2, -0.15) is 5.26 Å². The summed E-state index contributed by atoms with van der Waals surface area (Å²) in [6.45, 7) is 4.55. The number of nitrogens with one attached hydrogen (secondary N) is 1. The fourth-order valence-electron chi connectivity index (χ4n) is 3.24. The van der Waals surface area contributed by atoms with Crippen LogP contribution in [0.1, 0.15) is 51.5 Å². The van der Waals surface area contributed by atoms with Crippen LogP contribution in [0.15, 0.2) is 18.2 Å². The summed E-state index contributed by atoms with van der Waals surface area (Å²) in [5, 5.41) is 12.3. The van der Waals surface area contributed by atoms with Crippen LogP contribution in [0.2, 0.25) is 0 Å². The summed E-state index contributed by atoms with van der Waals surface area (Å²) < 4.78 is 13.3. The first-order valence-electron chi connectivity index (χ1n) is 7.54. The van der Waals surface area contributed by atoms with Crippen molar-refractivity contribution in [1.29, 1.82) is 5.26 Å². The number of hydrogen-bond donors (Lipinski definition) is 1. The van der Waals surface area contributed by atoms with Crippen molar-refractivity contribution in [2.45, 2.75) is 52.0 Å². The third-order valence-electron chi connectivity index (χ3n) is 4.05. The Balaban J connectivity index is 1.97. The molecule has 2 rings (SSSR count). The number of benzene rings is 1. The second kappa shape index (κ2) is 6.74. The molecule has 1 aromatic carbocycles. The van der Waals surface area contributed by atoms with Gasteiger partial charge in [-0.15, -0.1) is 0 Å². The number of hydrogen-bond acceptors (Lipinski definition) is 2. The Bertz CT molecular complexity index is 490. The molecule has 0 aliphatic heterocycles. The fourth-order valence-corrected chi connectivity index (χ4v) is 3.24. The van der Waals surface area contributed by atoms with E-state index in [2.05, 4.69) is 19.2 Å². The van der Waals surface area contributed by atoms with Crippen molar-refractivity contribution in [3.05, 3.63) is 29.6 Å². The molecule has 2 atom stereocenters. The molecule has 0 heterocycles. The summed E-state index contributed by atoms with van der Waals surface area (Å²) >= 11 is 0. The number of rotatable bonds is 4. The van der Waals surface area contributed by atoms with Crippen molar-refractivity contribution >= 4 is 5.69 Å². The van der Waals surface area contributed by atoms with E-state index in [-0.39, 0.29) is 5.56 Å². The molecule has 1 aliphatic rings. The van der Waals surface area contributed by atoms with Crippen LogP contribution in [0.25, 0.3) is 0 Å². The van der Waals surface area contributed by atoms with Crippen LogP contribution in [0, 0.1) is 29.0 Å².